The summed E-state index contributed by atoms with van der Waals surface area (Å²) in [5, 5.41) is 75.6. The monoisotopic (exact) mass is 1460 g/mol. The number of unbranched alkanes of at least 4 members (excludes halogenated alkanes) is 1. The number of aromatic amines is 1. The summed E-state index contributed by atoms with van der Waals surface area (Å²) in [6.07, 6.45) is -7.31. The van der Waals surface area contributed by atoms with Gasteiger partial charge in [-0.2, -0.15) is 0 Å². The van der Waals surface area contributed by atoms with Crippen LogP contribution in [0, 0.1) is 5.92 Å². The highest BCUT2D eigenvalue weighted by atomic mass is 16.5. The number of ketones is 1. The number of cyclic esters (lactones) is 1. The number of rotatable bonds is 26. The maximum Gasteiger partial charge on any atom is 0.329 e. The Morgan fingerprint density at radius 1 is 0.587 bits per heavy atom. The second kappa shape index (κ2) is 40.3. The van der Waals surface area contributed by atoms with E-state index in [9.17, 15) is 117 Å². The smallest absolute Gasteiger partial charge is 0.329 e. The van der Waals surface area contributed by atoms with Gasteiger partial charge in [0.25, 0.3) is 0 Å². The lowest BCUT2D eigenvalue weighted by molar-refractivity contribution is -0.156. The quantitative estimate of drug-likeness (QED) is 0.0202. The number of nitrogens with one attached hydrogen (secondary N) is 13. The molecule has 0 radical (unpaired) electrons. The zero-order valence-corrected chi connectivity index (χ0v) is 56.5. The number of carbonyl (C=O) groups excluding carboxylic acids is 15. The minimum atomic E-state index is -2.40. The Bertz CT molecular complexity index is 3750. The highest BCUT2D eigenvalue weighted by Crippen LogP contribution is 2.20. The molecule has 2 heterocycles. The SMILES string of the molecule is CCCCC1NC(=O)CNC(=O)C(NC(=O)C(CC(=O)O)NC(=O)[C@H](CC(N)=O)NC(=O)[C@@H](N)Cc2c[nH]c3ccccc23)C(C)OC(=O)C(CC(=O)c2ccccc2N)NC(=O)C(C(C)CC(=O)O)NC(=O)C(CO)NC(=O)CNC(=O)C(CC(=O)O)NC(=O)C(C)NC(=O)C(CC(=O)O)NC1=O. The Hall–Kier alpha value is -12.2. The maximum absolute atomic E-state index is 14.7. The Kier molecular flexibility index (Phi) is 32.7. The number of nitrogens with two attached hydrogens (primary N) is 3. The summed E-state index contributed by atoms with van der Waals surface area (Å²) >= 11 is 0. The first-order valence-electron chi connectivity index (χ1n) is 32.2. The van der Waals surface area contributed by atoms with Crippen LogP contribution in [0.2, 0.25) is 0 Å². The first kappa shape index (κ1) is 84.2. The lowest BCUT2D eigenvalue weighted by Gasteiger charge is -2.30. The molecule has 24 N–H and O–H groups in total. The van der Waals surface area contributed by atoms with Gasteiger partial charge >= 0.3 is 29.8 Å². The number of H-pyrrole nitrogens is 1. The van der Waals surface area contributed by atoms with Crippen LogP contribution in [0.5, 0.6) is 0 Å². The minimum Gasteiger partial charge on any atom is -0.481 e. The van der Waals surface area contributed by atoms with Crippen LogP contribution >= 0.6 is 0 Å². The van der Waals surface area contributed by atoms with E-state index in [-0.39, 0.29) is 30.5 Å². The second-order valence-electron chi connectivity index (χ2n) is 24.1. The molecule has 1 fully saturated rings. The molecule has 0 spiro atoms. The number of benzene rings is 2. The highest BCUT2D eigenvalue weighted by Gasteiger charge is 2.41. The molecule has 3 aromatic rings. The van der Waals surface area contributed by atoms with Crippen molar-refractivity contribution in [2.75, 3.05) is 25.4 Å². The summed E-state index contributed by atoms with van der Waals surface area (Å²) < 4.78 is 5.64. The van der Waals surface area contributed by atoms with E-state index in [1.165, 1.54) is 24.3 Å². The first-order valence-corrected chi connectivity index (χ1v) is 32.2. The number of nitrogen functional groups attached to an aromatic ring is 1. The van der Waals surface area contributed by atoms with Gasteiger partial charge in [0.05, 0.1) is 57.8 Å². The standard InChI is InChI=1S/C63H84N16O25/c1-5-6-14-36-56(96)75-39(21-49(89)90)57(97)70-28(3)53(93)73-38(20-48(87)88)55(95)68-24-46(84)72-42(26-80)60(100)78-51(27(2)16-47(85)86)62(102)77-41(18-43(81)32-12-7-9-13-33(32)64)63(103)104-29(4)52(61(101)69-25-45(83)71-36)79-59(99)40(22-50(91)92)76-58(98)37(19-44(66)82)74-54(94)34(65)17-30-23-67-35-15-10-8-11-31(30)35/h7-13,15,23,27-29,34,36-42,51-52,67,80H,5-6,14,16-22,24-26,64-65H2,1-4H3,(H2,66,82)(H,68,95)(H,69,101)(H,70,97)(H,71,83)(H,72,84)(H,73,93)(H,74,94)(H,75,96)(H,76,98)(H,77,102)(H,78,100)(H,79,99)(H,85,86)(H,87,88)(H,89,90)(H,91,92)/t27?,28?,29?,34-,36?,37-,38?,39?,40?,41?,42?,51?,52?/m0/s1. The van der Waals surface area contributed by atoms with Crippen molar-refractivity contribution >= 4 is 129 Å². The van der Waals surface area contributed by atoms with Crippen molar-refractivity contribution in [3.8, 4) is 0 Å². The largest absolute Gasteiger partial charge is 0.481 e. The number of aliphatic hydroxyl groups is 1. The number of carboxylic acids is 4. The van der Waals surface area contributed by atoms with Gasteiger partial charge in [-0.05, 0) is 56.4 Å². The Balaban J connectivity index is 1.86. The van der Waals surface area contributed by atoms with E-state index in [1.807, 2.05) is 16.0 Å². The van der Waals surface area contributed by atoms with E-state index in [0.29, 0.717) is 22.9 Å². The summed E-state index contributed by atoms with van der Waals surface area (Å²) in [7, 11) is 0. The number of anilines is 1. The van der Waals surface area contributed by atoms with Crippen molar-refractivity contribution in [1.82, 2.24) is 68.8 Å². The van der Waals surface area contributed by atoms with Crippen LogP contribution in [-0.4, -0.2) is 235 Å². The Labute approximate surface area is 590 Å². The number of hydrogen-bond acceptors (Lipinski definition) is 23. The molecule has 4 rings (SSSR count). The van der Waals surface area contributed by atoms with Crippen LogP contribution in [0.25, 0.3) is 10.9 Å². The molecule has 1 aliphatic heterocycles. The molecular formula is C63H84N16O25. The van der Waals surface area contributed by atoms with Crippen LogP contribution in [0.3, 0.4) is 0 Å². The fourth-order valence-electron chi connectivity index (χ4n) is 10.2. The van der Waals surface area contributed by atoms with Crippen molar-refractivity contribution in [3.63, 3.8) is 0 Å². The van der Waals surface area contributed by atoms with Gasteiger partial charge < -0.3 is 116 Å². The number of fused-ring (bicyclic) bond motifs is 1. The lowest BCUT2D eigenvalue weighted by Crippen LogP contribution is -2.61. The van der Waals surface area contributed by atoms with Crippen molar-refractivity contribution in [2.24, 2.45) is 17.4 Å². The predicted octanol–water partition coefficient (Wildman–Crippen LogP) is -7.47. The zero-order chi connectivity index (χ0) is 77.8. The zero-order valence-electron chi connectivity index (χ0n) is 56.5. The fourth-order valence-corrected chi connectivity index (χ4v) is 10.2. The van der Waals surface area contributed by atoms with Crippen LogP contribution in [0.4, 0.5) is 5.69 Å². The van der Waals surface area contributed by atoms with E-state index >= 15 is 0 Å². The number of hydrogen-bond donors (Lipinski definition) is 21. The van der Waals surface area contributed by atoms with Crippen molar-refractivity contribution in [3.05, 3.63) is 65.9 Å². The summed E-state index contributed by atoms with van der Waals surface area (Å²) in [4.78, 5) is 259. The third-order valence-electron chi connectivity index (χ3n) is 15.7. The summed E-state index contributed by atoms with van der Waals surface area (Å²) in [6.45, 7) is 0.975. The molecule has 1 saturated heterocycles. The molecule has 2 aromatic carbocycles. The molecule has 566 valence electrons. The number of primary amides is 1. The van der Waals surface area contributed by atoms with Gasteiger partial charge in [0.15, 0.2) is 5.78 Å². The molecule has 13 amide bonds. The third kappa shape index (κ3) is 26.7. The van der Waals surface area contributed by atoms with E-state index in [2.05, 4.69) is 52.8 Å². The molecule has 0 bridgehead atoms. The number of aromatic nitrogens is 1. The van der Waals surface area contributed by atoms with Crippen LogP contribution < -0.4 is 81.0 Å². The summed E-state index contributed by atoms with van der Waals surface area (Å²) in [5.74, 6) is -28.7. The fraction of sp³-hybridized carbons (Fsp3) is 0.476. The number of esters is 1. The molecule has 0 aliphatic carbocycles. The number of amides is 13. The van der Waals surface area contributed by atoms with Gasteiger partial charge in [-0.15, -0.1) is 0 Å². The average molecular weight is 1470 g/mol. The van der Waals surface area contributed by atoms with E-state index < -0.39 is 249 Å². The number of carboxylic acid groups (broad SMARTS) is 4. The van der Waals surface area contributed by atoms with Gasteiger partial charge in [-0.3, -0.25) is 86.3 Å². The number of aliphatic carboxylic acids is 4. The molecule has 41 nitrogen and oxygen atoms in total. The number of Topliss-reactive ketones (excluding diaryl/α,β-unsaturated/α-hetero) is 1. The normalized spacial score (nSPS) is 22.2. The molecule has 1 aliphatic rings. The molecule has 1 aromatic heterocycles. The molecule has 13 atom stereocenters. The number of ether oxygens (including phenoxy) is 1. The van der Waals surface area contributed by atoms with Gasteiger partial charge in [-0.1, -0.05) is 57.0 Å². The molecule has 41 heteroatoms. The topological polar surface area (TPSA) is 673 Å². The molecule has 11 unspecified atom stereocenters. The maximum atomic E-state index is 14.7. The van der Waals surface area contributed by atoms with Crippen LogP contribution in [0.1, 0.15) is 101 Å². The van der Waals surface area contributed by atoms with E-state index in [4.69, 9.17) is 21.9 Å². The van der Waals surface area contributed by atoms with Gasteiger partial charge in [0.2, 0.25) is 76.8 Å². The third-order valence-corrected chi connectivity index (χ3v) is 15.7. The second-order valence-corrected chi connectivity index (χ2v) is 24.1. The molecule has 0 saturated carbocycles. The van der Waals surface area contributed by atoms with Crippen molar-refractivity contribution in [2.45, 2.75) is 164 Å². The van der Waals surface area contributed by atoms with Gasteiger partial charge in [0.1, 0.15) is 66.5 Å². The van der Waals surface area contributed by atoms with E-state index in [1.54, 1.807) is 37.4 Å². The minimum absolute atomic E-state index is 0.138. The Morgan fingerprint density at radius 3 is 1.72 bits per heavy atom. The first-order chi connectivity index (χ1) is 48.9. The summed E-state index contributed by atoms with van der Waals surface area (Å²) in [6, 6.07) is -10.0. The van der Waals surface area contributed by atoms with Gasteiger partial charge in [0, 0.05) is 34.8 Å². The van der Waals surface area contributed by atoms with Crippen molar-refractivity contribution < 1.29 is 121 Å². The van der Waals surface area contributed by atoms with Crippen LogP contribution in [0.15, 0.2) is 54.7 Å². The lowest BCUT2D eigenvalue weighted by atomic mass is 9.96. The number of carbonyl (C=O) groups is 19. The highest BCUT2D eigenvalue weighted by molar-refractivity contribution is 6.05. The van der Waals surface area contributed by atoms with E-state index in [0.717, 1.165) is 20.8 Å². The summed E-state index contributed by atoms with van der Waals surface area (Å²) in [5.41, 5.74) is 18.5. The predicted molar refractivity (Wildman–Crippen MR) is 355 cm³/mol. The van der Waals surface area contributed by atoms with Gasteiger partial charge in [-0.25, -0.2) is 4.79 Å². The number of para-hydroxylation sites is 2. The number of aliphatic hydroxyl groups excluding tert-OH is 1. The van der Waals surface area contributed by atoms with Crippen LogP contribution in [-0.2, 0) is 97.5 Å². The molecular weight excluding hydrogens is 1380 g/mol. The Morgan fingerprint density at radius 2 is 1.12 bits per heavy atom. The molecule has 104 heavy (non-hydrogen) atoms. The van der Waals surface area contributed by atoms with Crippen molar-refractivity contribution in [1.29, 1.82) is 0 Å². The average Bonchev–Trinajstić information content (AvgIpc) is 1.32.